The number of allylic oxidation sites excluding steroid dienone is 10. The second kappa shape index (κ2) is 10.2. The van der Waals surface area contributed by atoms with Crippen molar-refractivity contribution in [2.75, 3.05) is 13.1 Å². The molecule has 0 saturated heterocycles. The van der Waals surface area contributed by atoms with E-state index in [0.29, 0.717) is 6.04 Å². The summed E-state index contributed by atoms with van der Waals surface area (Å²) >= 11 is 0. The molecule has 4 rings (SSSR count). The molecule has 2 N–H and O–H groups in total. The molecule has 4 aliphatic rings. The monoisotopic (exact) mass is 388 g/mol. The predicted molar refractivity (Wildman–Crippen MR) is 123 cm³/mol. The first-order valence-corrected chi connectivity index (χ1v) is 11.1. The van der Waals surface area contributed by atoms with Gasteiger partial charge in [0.2, 0.25) is 0 Å². The molecule has 0 radical (unpaired) electrons. The van der Waals surface area contributed by atoms with E-state index in [1.807, 2.05) is 0 Å². The van der Waals surface area contributed by atoms with Crippen molar-refractivity contribution in [3.05, 3.63) is 72.2 Å². The predicted octanol–water partition coefficient (Wildman–Crippen LogP) is 4.56. The number of nitrogens with zero attached hydrogens (tertiary/aromatic N) is 2. The second-order valence-electron chi connectivity index (χ2n) is 8.02. The van der Waals surface area contributed by atoms with Crippen molar-refractivity contribution < 1.29 is 0 Å². The van der Waals surface area contributed by atoms with Gasteiger partial charge >= 0.3 is 0 Å². The maximum atomic E-state index is 5.25. The van der Waals surface area contributed by atoms with E-state index in [9.17, 15) is 0 Å². The Balaban J connectivity index is 1.65. The highest BCUT2D eigenvalue weighted by molar-refractivity contribution is 6.09. The molecule has 4 heteroatoms. The lowest BCUT2D eigenvalue weighted by molar-refractivity contribution is 0.351. The van der Waals surface area contributed by atoms with Crippen molar-refractivity contribution >= 4 is 11.4 Å². The molecule has 0 unspecified atom stereocenters. The van der Waals surface area contributed by atoms with Gasteiger partial charge in [0.1, 0.15) is 0 Å². The maximum Gasteiger partial charge on any atom is 0.0810 e. The van der Waals surface area contributed by atoms with E-state index >= 15 is 0 Å². The van der Waals surface area contributed by atoms with Crippen LogP contribution in [0.15, 0.2) is 82.1 Å². The van der Waals surface area contributed by atoms with Gasteiger partial charge in [-0.25, -0.2) is 0 Å². The quantitative estimate of drug-likeness (QED) is 0.639. The van der Waals surface area contributed by atoms with Crippen LogP contribution in [-0.4, -0.2) is 36.6 Å². The highest BCUT2D eigenvalue weighted by atomic mass is 15.0. The molecule has 1 aliphatic heterocycles. The zero-order chi connectivity index (χ0) is 19.7. The zero-order valence-electron chi connectivity index (χ0n) is 17.2. The summed E-state index contributed by atoms with van der Waals surface area (Å²) in [6.45, 7) is 1.85. The molecule has 0 amide bonds. The van der Waals surface area contributed by atoms with E-state index in [-0.39, 0.29) is 6.04 Å². The van der Waals surface area contributed by atoms with E-state index in [2.05, 4.69) is 71.4 Å². The lowest BCUT2D eigenvalue weighted by atomic mass is 9.90. The zero-order valence-corrected chi connectivity index (χ0v) is 17.2. The third-order valence-electron chi connectivity index (χ3n) is 5.84. The fourth-order valence-corrected chi connectivity index (χ4v) is 4.25. The normalized spacial score (nSPS) is 27.6. The van der Waals surface area contributed by atoms with Crippen LogP contribution in [0.25, 0.3) is 0 Å². The summed E-state index contributed by atoms with van der Waals surface area (Å²) in [5.41, 5.74) is 4.42. The number of fused-ring (bicyclic) bond motifs is 3. The van der Waals surface area contributed by atoms with Crippen molar-refractivity contribution in [1.82, 2.24) is 10.6 Å². The minimum Gasteiger partial charge on any atom is -0.383 e. The standard InChI is InChI=1S/C25H32N4/c1-4-12-20-22(14-6-1)28-24-16-8-9-17-25(24)29-23-15-7-2-5-13-21(23)27-19-11-3-10-18-26-20/h1-2,4-7,12-15,24-26,29H,3,8-11,16-19H2/t24-,25-/m1/s1. The summed E-state index contributed by atoms with van der Waals surface area (Å²) in [7, 11) is 0. The average Bonchev–Trinajstić information content (AvgIpc) is 3.09. The highest BCUT2D eigenvalue weighted by Gasteiger charge is 2.26. The van der Waals surface area contributed by atoms with Gasteiger partial charge in [-0.15, -0.1) is 0 Å². The van der Waals surface area contributed by atoms with Gasteiger partial charge in [0.15, 0.2) is 0 Å². The molecule has 0 aromatic heterocycles. The molecule has 1 saturated carbocycles. The Labute approximate surface area is 174 Å². The largest absolute Gasteiger partial charge is 0.383 e. The first-order chi connectivity index (χ1) is 14.4. The number of aliphatic imine (C=N–C) groups is 2. The number of hydrogen-bond donors (Lipinski definition) is 2. The summed E-state index contributed by atoms with van der Waals surface area (Å²) in [5, 5.41) is 7.44. The molecule has 2 atom stereocenters. The number of rotatable bonds is 0. The molecule has 0 aromatic rings. The Morgan fingerprint density at radius 2 is 1.52 bits per heavy atom. The van der Waals surface area contributed by atoms with Gasteiger partial charge in [0.05, 0.1) is 28.9 Å². The molecule has 152 valence electrons. The molecule has 1 fully saturated rings. The van der Waals surface area contributed by atoms with Gasteiger partial charge in [-0.2, -0.15) is 0 Å². The molecule has 0 spiro atoms. The Hall–Kier alpha value is -2.62. The van der Waals surface area contributed by atoms with Crippen LogP contribution in [0.1, 0.15) is 44.9 Å². The Kier molecular flexibility index (Phi) is 6.95. The Morgan fingerprint density at radius 3 is 2.41 bits per heavy atom. The van der Waals surface area contributed by atoms with Crippen LogP contribution in [0, 0.1) is 0 Å². The van der Waals surface area contributed by atoms with E-state index in [0.717, 1.165) is 61.6 Å². The van der Waals surface area contributed by atoms with Crippen molar-refractivity contribution in [2.24, 2.45) is 9.98 Å². The molecule has 4 nitrogen and oxygen atoms in total. The van der Waals surface area contributed by atoms with E-state index in [1.54, 1.807) is 0 Å². The highest BCUT2D eigenvalue weighted by Crippen LogP contribution is 2.24. The summed E-state index contributed by atoms with van der Waals surface area (Å²) < 4.78 is 0. The van der Waals surface area contributed by atoms with Crippen molar-refractivity contribution in [2.45, 2.75) is 57.0 Å². The SMILES string of the molecule is C1=CC=C2NCCCCCN=C3C=CC=CC=C3N[C@@H]3CCCC[C@H]3N=C2C=C1. The maximum absolute atomic E-state index is 5.25. The van der Waals surface area contributed by atoms with E-state index in [1.165, 1.54) is 19.3 Å². The third-order valence-corrected chi connectivity index (χ3v) is 5.84. The van der Waals surface area contributed by atoms with Crippen LogP contribution in [0.5, 0.6) is 0 Å². The Bertz CT molecular complexity index is 820. The van der Waals surface area contributed by atoms with Gasteiger partial charge < -0.3 is 10.6 Å². The number of nitrogens with one attached hydrogen (secondary N) is 2. The molecular formula is C25H32N4. The first kappa shape index (κ1) is 19.7. The minimum atomic E-state index is 0.273. The summed E-state index contributed by atoms with van der Waals surface area (Å²) in [6.07, 6.45) is 29.3. The van der Waals surface area contributed by atoms with Crippen LogP contribution < -0.4 is 10.6 Å². The topological polar surface area (TPSA) is 48.8 Å². The number of hydrogen-bond acceptors (Lipinski definition) is 4. The van der Waals surface area contributed by atoms with Crippen LogP contribution in [0.3, 0.4) is 0 Å². The van der Waals surface area contributed by atoms with E-state index in [4.69, 9.17) is 9.98 Å². The van der Waals surface area contributed by atoms with Gasteiger partial charge in [-0.3, -0.25) is 9.98 Å². The van der Waals surface area contributed by atoms with Crippen LogP contribution >= 0.6 is 0 Å². The van der Waals surface area contributed by atoms with Crippen LogP contribution in [0.2, 0.25) is 0 Å². The summed E-state index contributed by atoms with van der Waals surface area (Å²) in [5.74, 6) is 0. The fourth-order valence-electron chi connectivity index (χ4n) is 4.25. The molecule has 0 bridgehead atoms. The Morgan fingerprint density at radius 1 is 0.724 bits per heavy atom. The summed E-state index contributed by atoms with van der Waals surface area (Å²) in [4.78, 5) is 10.2. The molecule has 29 heavy (non-hydrogen) atoms. The van der Waals surface area contributed by atoms with Crippen molar-refractivity contribution in [3.63, 3.8) is 0 Å². The molecule has 1 heterocycles. The smallest absolute Gasteiger partial charge is 0.0810 e. The minimum absolute atomic E-state index is 0.273. The summed E-state index contributed by atoms with van der Waals surface area (Å²) in [6, 6.07) is 0.610. The van der Waals surface area contributed by atoms with E-state index < -0.39 is 0 Å². The average molecular weight is 389 g/mol. The van der Waals surface area contributed by atoms with Crippen LogP contribution in [-0.2, 0) is 0 Å². The fraction of sp³-hybridized carbons (Fsp3) is 0.440. The van der Waals surface area contributed by atoms with Gasteiger partial charge in [-0.1, -0.05) is 49.3 Å². The third kappa shape index (κ3) is 5.47. The van der Waals surface area contributed by atoms with Crippen molar-refractivity contribution in [1.29, 1.82) is 0 Å². The second-order valence-corrected chi connectivity index (χ2v) is 8.02. The van der Waals surface area contributed by atoms with Crippen LogP contribution in [0.4, 0.5) is 0 Å². The van der Waals surface area contributed by atoms with Gasteiger partial charge in [0.25, 0.3) is 0 Å². The molecule has 3 aliphatic carbocycles. The van der Waals surface area contributed by atoms with Gasteiger partial charge in [0, 0.05) is 19.1 Å². The van der Waals surface area contributed by atoms with Crippen molar-refractivity contribution in [3.8, 4) is 0 Å². The lowest BCUT2D eigenvalue weighted by Gasteiger charge is -2.32. The molecule has 0 aromatic carbocycles. The molecular weight excluding hydrogens is 356 g/mol. The van der Waals surface area contributed by atoms with Gasteiger partial charge in [-0.05, 0) is 56.4 Å². The lowest BCUT2D eigenvalue weighted by Crippen LogP contribution is -2.42. The first-order valence-electron chi connectivity index (χ1n) is 11.1.